The van der Waals surface area contributed by atoms with Crippen molar-refractivity contribution in [3.63, 3.8) is 0 Å². The minimum absolute atomic E-state index is 0.283. The molecule has 1 N–H and O–H groups in total. The fraction of sp³-hybridized carbons (Fsp3) is 0.692. The molecule has 0 radical (unpaired) electrons. The van der Waals surface area contributed by atoms with Crippen molar-refractivity contribution in [3.05, 3.63) is 12.4 Å². The third kappa shape index (κ3) is 1.82. The highest BCUT2D eigenvalue weighted by atomic mass is 16.5. The molecule has 0 spiro atoms. The first kappa shape index (κ1) is 11.7. The molecule has 1 aliphatic heterocycles. The summed E-state index contributed by atoms with van der Waals surface area (Å²) in [4.78, 5) is 10.4. The van der Waals surface area contributed by atoms with Crippen LogP contribution in [-0.4, -0.2) is 40.9 Å². The topological polar surface area (TPSA) is 58.5 Å². The number of hydrogen-bond acceptors (Lipinski definition) is 5. The molecule has 0 aromatic carbocycles. The Kier molecular flexibility index (Phi) is 2.66. The van der Waals surface area contributed by atoms with E-state index >= 15 is 0 Å². The van der Waals surface area contributed by atoms with Gasteiger partial charge in [-0.25, -0.2) is 9.97 Å². The van der Waals surface area contributed by atoms with Gasteiger partial charge in [0.2, 0.25) is 5.88 Å². The van der Waals surface area contributed by atoms with Gasteiger partial charge in [-0.1, -0.05) is 6.92 Å². The number of ether oxygens (including phenoxy) is 1. The normalized spacial score (nSPS) is 31.7. The van der Waals surface area contributed by atoms with Crippen LogP contribution in [-0.2, 0) is 0 Å². The average molecular weight is 249 g/mol. The summed E-state index contributed by atoms with van der Waals surface area (Å²) < 4.78 is 5.11. The predicted molar refractivity (Wildman–Crippen MR) is 67.6 cm³/mol. The first-order valence-electron chi connectivity index (χ1n) is 6.47. The number of hydrogen-bond donors (Lipinski definition) is 1. The van der Waals surface area contributed by atoms with Gasteiger partial charge in [0, 0.05) is 25.1 Å². The molecule has 5 heteroatoms. The summed E-state index contributed by atoms with van der Waals surface area (Å²) >= 11 is 0. The lowest BCUT2D eigenvalue weighted by atomic mass is 9.88. The zero-order valence-corrected chi connectivity index (χ0v) is 10.8. The third-order valence-electron chi connectivity index (χ3n) is 4.24. The van der Waals surface area contributed by atoms with Crippen LogP contribution in [0.25, 0.3) is 0 Å². The van der Waals surface area contributed by atoms with E-state index in [1.165, 1.54) is 6.33 Å². The molecular formula is C13H19N3O2. The van der Waals surface area contributed by atoms with Crippen LogP contribution in [0.15, 0.2) is 12.4 Å². The summed E-state index contributed by atoms with van der Waals surface area (Å²) in [6, 6.07) is 1.82. The number of methoxy groups -OCH3 is 1. The molecule has 0 bridgehead atoms. The molecule has 2 fully saturated rings. The Hall–Kier alpha value is -1.36. The van der Waals surface area contributed by atoms with Crippen molar-refractivity contribution in [2.75, 3.05) is 25.1 Å². The minimum Gasteiger partial charge on any atom is -0.481 e. The maximum Gasteiger partial charge on any atom is 0.218 e. The van der Waals surface area contributed by atoms with Crippen LogP contribution in [0.1, 0.15) is 19.8 Å². The number of β-amino-alcohol motifs (C(OH)–C–C–N with tert-alkyl or cyclic N) is 1. The Morgan fingerprint density at radius 2 is 2.22 bits per heavy atom. The molecular weight excluding hydrogens is 230 g/mol. The van der Waals surface area contributed by atoms with Gasteiger partial charge in [0.15, 0.2) is 0 Å². The van der Waals surface area contributed by atoms with Crippen LogP contribution in [0, 0.1) is 11.8 Å². The number of aromatic nitrogens is 2. The van der Waals surface area contributed by atoms with Crippen molar-refractivity contribution in [1.82, 2.24) is 9.97 Å². The lowest BCUT2D eigenvalue weighted by Gasteiger charge is -2.26. The Labute approximate surface area is 107 Å². The largest absolute Gasteiger partial charge is 0.481 e. The van der Waals surface area contributed by atoms with Crippen LogP contribution >= 0.6 is 0 Å². The highest BCUT2D eigenvalue weighted by Gasteiger charge is 2.52. The number of nitrogens with zero attached hydrogens (tertiary/aromatic N) is 3. The van der Waals surface area contributed by atoms with Crippen molar-refractivity contribution in [2.24, 2.45) is 11.8 Å². The summed E-state index contributed by atoms with van der Waals surface area (Å²) in [5.41, 5.74) is -0.543. The van der Waals surface area contributed by atoms with Gasteiger partial charge in [-0.15, -0.1) is 0 Å². The van der Waals surface area contributed by atoms with E-state index in [0.29, 0.717) is 18.3 Å². The smallest absolute Gasteiger partial charge is 0.218 e. The van der Waals surface area contributed by atoms with E-state index in [-0.39, 0.29) is 5.92 Å². The van der Waals surface area contributed by atoms with E-state index in [9.17, 15) is 5.11 Å². The van der Waals surface area contributed by atoms with E-state index in [2.05, 4.69) is 21.8 Å². The number of anilines is 1. The second kappa shape index (κ2) is 4.09. The highest BCUT2D eigenvalue weighted by molar-refractivity contribution is 5.43. The average Bonchev–Trinajstić information content (AvgIpc) is 3.18. The van der Waals surface area contributed by atoms with Gasteiger partial charge in [-0.05, 0) is 18.8 Å². The van der Waals surface area contributed by atoms with Crippen molar-refractivity contribution in [3.8, 4) is 5.88 Å². The van der Waals surface area contributed by atoms with Gasteiger partial charge in [-0.3, -0.25) is 0 Å². The third-order valence-corrected chi connectivity index (χ3v) is 4.24. The second-order valence-electron chi connectivity index (χ2n) is 5.47. The SMILES string of the molecule is COc1cc(N2C[C@@H](C)[C@](O)(C3CC3)C2)ncn1. The zero-order chi connectivity index (χ0) is 12.8. The van der Waals surface area contributed by atoms with Crippen LogP contribution < -0.4 is 9.64 Å². The van der Waals surface area contributed by atoms with Crippen LogP contribution in [0.4, 0.5) is 5.82 Å². The number of aliphatic hydroxyl groups is 1. The first-order chi connectivity index (χ1) is 8.63. The first-order valence-corrected chi connectivity index (χ1v) is 6.47. The van der Waals surface area contributed by atoms with Gasteiger partial charge in [-0.2, -0.15) is 0 Å². The molecule has 5 nitrogen and oxygen atoms in total. The van der Waals surface area contributed by atoms with E-state index in [0.717, 1.165) is 25.2 Å². The zero-order valence-electron chi connectivity index (χ0n) is 10.8. The van der Waals surface area contributed by atoms with E-state index < -0.39 is 5.60 Å². The summed E-state index contributed by atoms with van der Waals surface area (Å²) in [6.07, 6.45) is 3.82. The van der Waals surface area contributed by atoms with Crippen LogP contribution in [0.3, 0.4) is 0 Å². The van der Waals surface area contributed by atoms with Gasteiger partial charge in [0.05, 0.1) is 12.7 Å². The molecule has 1 aliphatic carbocycles. The fourth-order valence-corrected chi connectivity index (χ4v) is 2.92. The van der Waals surface area contributed by atoms with Crippen molar-refractivity contribution in [2.45, 2.75) is 25.4 Å². The number of rotatable bonds is 3. The van der Waals surface area contributed by atoms with Crippen molar-refractivity contribution >= 4 is 5.82 Å². The quantitative estimate of drug-likeness (QED) is 0.868. The van der Waals surface area contributed by atoms with Gasteiger partial charge < -0.3 is 14.7 Å². The van der Waals surface area contributed by atoms with E-state index in [1.54, 1.807) is 7.11 Å². The molecule has 1 aromatic heterocycles. The highest BCUT2D eigenvalue weighted by Crippen LogP contribution is 2.47. The molecule has 1 saturated carbocycles. The standard InChI is InChI=1S/C13H19N3O2/c1-9-6-16(7-13(9,17)10-3-4-10)11-5-12(18-2)15-8-14-11/h5,8-10,17H,3-4,6-7H2,1-2H3/t9-,13+/m1/s1. The summed E-state index contributed by atoms with van der Waals surface area (Å²) in [7, 11) is 1.60. The van der Waals surface area contributed by atoms with Gasteiger partial charge >= 0.3 is 0 Å². The fourth-order valence-electron chi connectivity index (χ4n) is 2.92. The van der Waals surface area contributed by atoms with Gasteiger partial charge in [0.1, 0.15) is 12.1 Å². The molecule has 2 aliphatic rings. The Morgan fingerprint density at radius 3 is 2.89 bits per heavy atom. The molecule has 1 saturated heterocycles. The summed E-state index contributed by atoms with van der Waals surface area (Å²) in [6.45, 7) is 3.63. The van der Waals surface area contributed by atoms with E-state index in [4.69, 9.17) is 4.74 Å². The molecule has 0 amide bonds. The molecule has 2 heterocycles. The van der Waals surface area contributed by atoms with Crippen LogP contribution in [0.5, 0.6) is 5.88 Å². The van der Waals surface area contributed by atoms with Crippen LogP contribution in [0.2, 0.25) is 0 Å². The Morgan fingerprint density at radius 1 is 1.44 bits per heavy atom. The summed E-state index contributed by atoms with van der Waals surface area (Å²) in [5.74, 6) is 2.16. The van der Waals surface area contributed by atoms with E-state index in [1.807, 2.05) is 6.07 Å². The lowest BCUT2D eigenvalue weighted by Crippen LogP contribution is -2.39. The molecule has 3 rings (SSSR count). The monoisotopic (exact) mass is 249 g/mol. The second-order valence-corrected chi connectivity index (χ2v) is 5.47. The summed E-state index contributed by atoms with van der Waals surface area (Å²) in [5, 5.41) is 10.7. The maximum atomic E-state index is 10.7. The Bertz CT molecular complexity index is 450. The molecule has 1 aromatic rings. The Balaban J connectivity index is 1.81. The van der Waals surface area contributed by atoms with Crippen molar-refractivity contribution in [1.29, 1.82) is 0 Å². The molecule has 2 atom stereocenters. The molecule has 18 heavy (non-hydrogen) atoms. The minimum atomic E-state index is -0.543. The maximum absolute atomic E-state index is 10.7. The predicted octanol–water partition coefficient (Wildman–Crippen LogP) is 1.08. The molecule has 0 unspecified atom stereocenters. The van der Waals surface area contributed by atoms with Crippen molar-refractivity contribution < 1.29 is 9.84 Å². The van der Waals surface area contributed by atoms with Gasteiger partial charge in [0.25, 0.3) is 0 Å². The lowest BCUT2D eigenvalue weighted by molar-refractivity contribution is 0.00281. The molecule has 98 valence electrons.